The van der Waals surface area contributed by atoms with E-state index in [0.717, 1.165) is 0 Å². The summed E-state index contributed by atoms with van der Waals surface area (Å²) < 4.78 is 66.4. The van der Waals surface area contributed by atoms with E-state index >= 15 is 0 Å². The van der Waals surface area contributed by atoms with E-state index in [1.54, 1.807) is 0 Å². The molecule has 0 N–H and O–H groups in total. The lowest BCUT2D eigenvalue weighted by Gasteiger charge is -2.12. The zero-order valence-corrected chi connectivity index (χ0v) is 13.8. The molecule has 12 heteroatoms. The molecule has 2 heterocycles. The van der Waals surface area contributed by atoms with Gasteiger partial charge in [-0.3, -0.25) is 4.79 Å². The third-order valence-electron chi connectivity index (χ3n) is 2.95. The Hall–Kier alpha value is -2.40. The Morgan fingerprint density at radius 2 is 1.54 bits per heavy atom. The summed E-state index contributed by atoms with van der Waals surface area (Å²) in [6.07, 6.45) is -2.05. The van der Waals surface area contributed by atoms with Gasteiger partial charge in [0, 0.05) is 20.3 Å². The highest BCUT2D eigenvalue weighted by Crippen LogP contribution is 2.19. The number of ether oxygens (including phenoxy) is 4. The van der Waals surface area contributed by atoms with Crippen LogP contribution in [0.1, 0.15) is 26.7 Å². The number of hydrogen-bond acceptors (Lipinski definition) is 8. The summed E-state index contributed by atoms with van der Waals surface area (Å²) in [6, 6.07) is 0. The SMILES string of the molecule is CC(F)(F)C(=O)OC1CCOC1=O.CC(F)(F)C(=O)OC1COC(=O)C1. The van der Waals surface area contributed by atoms with E-state index < -0.39 is 47.9 Å². The summed E-state index contributed by atoms with van der Waals surface area (Å²) in [5.74, 6) is -11.7. The Labute approximate surface area is 144 Å². The zero-order chi connectivity index (χ0) is 20.1. The van der Waals surface area contributed by atoms with Crippen molar-refractivity contribution in [3.63, 3.8) is 0 Å². The molecule has 2 fully saturated rings. The molecule has 0 spiro atoms. The van der Waals surface area contributed by atoms with Gasteiger partial charge in [0.05, 0.1) is 13.0 Å². The Morgan fingerprint density at radius 3 is 1.92 bits per heavy atom. The number of carbonyl (C=O) groups excluding carboxylic acids is 4. The number of halogens is 4. The molecule has 26 heavy (non-hydrogen) atoms. The van der Waals surface area contributed by atoms with E-state index in [4.69, 9.17) is 0 Å². The fourth-order valence-electron chi connectivity index (χ4n) is 1.64. The van der Waals surface area contributed by atoms with Gasteiger partial charge in [-0.15, -0.1) is 0 Å². The fraction of sp³-hybridized carbons (Fsp3) is 0.714. The first kappa shape index (κ1) is 21.6. The molecule has 0 aliphatic carbocycles. The molecule has 2 atom stereocenters. The molecule has 0 aromatic carbocycles. The molecule has 0 aromatic rings. The minimum absolute atomic E-state index is 0.103. The van der Waals surface area contributed by atoms with E-state index in [9.17, 15) is 36.7 Å². The largest absolute Gasteiger partial charge is 0.463 e. The van der Waals surface area contributed by atoms with Crippen LogP contribution in [-0.2, 0) is 38.1 Å². The van der Waals surface area contributed by atoms with E-state index in [-0.39, 0.29) is 26.1 Å². The molecule has 8 nitrogen and oxygen atoms in total. The molecule has 148 valence electrons. The van der Waals surface area contributed by atoms with Crippen molar-refractivity contribution in [1.29, 1.82) is 0 Å². The van der Waals surface area contributed by atoms with Gasteiger partial charge in [0.2, 0.25) is 6.10 Å². The van der Waals surface area contributed by atoms with Crippen LogP contribution < -0.4 is 0 Å². The predicted octanol–water partition coefficient (Wildman–Crippen LogP) is 1.00. The Morgan fingerprint density at radius 1 is 1.00 bits per heavy atom. The Bertz CT molecular complexity index is 566. The summed E-state index contributed by atoms with van der Waals surface area (Å²) in [5, 5.41) is 0. The molecule has 2 aliphatic heterocycles. The monoisotopic (exact) mass is 388 g/mol. The molecular formula is C14H16F4O8. The summed E-state index contributed by atoms with van der Waals surface area (Å²) in [4.78, 5) is 42.4. The number of cyclic esters (lactones) is 2. The lowest BCUT2D eigenvalue weighted by molar-refractivity contribution is -0.178. The molecule has 2 rings (SSSR count). The van der Waals surface area contributed by atoms with Gasteiger partial charge < -0.3 is 18.9 Å². The molecule has 0 bridgehead atoms. The first-order chi connectivity index (χ1) is 11.8. The van der Waals surface area contributed by atoms with Gasteiger partial charge in [0.15, 0.2) is 0 Å². The third-order valence-corrected chi connectivity index (χ3v) is 2.95. The van der Waals surface area contributed by atoms with Crippen molar-refractivity contribution in [3.8, 4) is 0 Å². The van der Waals surface area contributed by atoms with Crippen molar-refractivity contribution < 1.29 is 55.7 Å². The first-order valence-electron chi connectivity index (χ1n) is 7.30. The summed E-state index contributed by atoms with van der Waals surface area (Å²) in [5.41, 5.74) is 0. The minimum Gasteiger partial charge on any atom is -0.463 e. The molecule has 2 unspecified atom stereocenters. The molecule has 0 aromatic heterocycles. The van der Waals surface area contributed by atoms with Gasteiger partial charge in [0.1, 0.15) is 12.7 Å². The van der Waals surface area contributed by atoms with Gasteiger partial charge in [-0.05, 0) is 0 Å². The number of rotatable bonds is 4. The molecule has 0 saturated carbocycles. The maximum atomic E-state index is 12.3. The molecule has 0 radical (unpaired) electrons. The van der Waals surface area contributed by atoms with E-state index in [2.05, 4.69) is 18.9 Å². The van der Waals surface area contributed by atoms with Crippen molar-refractivity contribution in [1.82, 2.24) is 0 Å². The molecular weight excluding hydrogens is 372 g/mol. The highest BCUT2D eigenvalue weighted by atomic mass is 19.3. The van der Waals surface area contributed by atoms with Gasteiger partial charge in [-0.25, -0.2) is 14.4 Å². The fourth-order valence-corrected chi connectivity index (χ4v) is 1.64. The van der Waals surface area contributed by atoms with Crippen LogP contribution in [0.5, 0.6) is 0 Å². The van der Waals surface area contributed by atoms with Crippen molar-refractivity contribution in [2.45, 2.75) is 50.7 Å². The second-order valence-corrected chi connectivity index (χ2v) is 5.54. The van der Waals surface area contributed by atoms with Crippen LogP contribution in [0, 0.1) is 0 Å². The van der Waals surface area contributed by atoms with E-state index in [1.807, 2.05) is 0 Å². The number of hydrogen-bond donors (Lipinski definition) is 0. The van der Waals surface area contributed by atoms with Crippen LogP contribution in [0.4, 0.5) is 17.6 Å². The Balaban J connectivity index is 0.000000260. The second-order valence-electron chi connectivity index (χ2n) is 5.54. The predicted molar refractivity (Wildman–Crippen MR) is 72.2 cm³/mol. The lowest BCUT2D eigenvalue weighted by atomic mass is 10.3. The van der Waals surface area contributed by atoms with Crippen molar-refractivity contribution >= 4 is 23.9 Å². The van der Waals surface area contributed by atoms with E-state index in [0.29, 0.717) is 13.8 Å². The average Bonchev–Trinajstić information content (AvgIpc) is 3.07. The number of alkyl halides is 4. The quantitative estimate of drug-likeness (QED) is 0.399. The summed E-state index contributed by atoms with van der Waals surface area (Å²) in [7, 11) is 0. The van der Waals surface area contributed by atoms with Crippen LogP contribution in [0.3, 0.4) is 0 Å². The smallest absolute Gasteiger partial charge is 0.377 e. The highest BCUT2D eigenvalue weighted by Gasteiger charge is 2.40. The van der Waals surface area contributed by atoms with Crippen molar-refractivity contribution in [2.75, 3.05) is 13.2 Å². The van der Waals surface area contributed by atoms with Crippen LogP contribution in [0.25, 0.3) is 0 Å². The number of carbonyl (C=O) groups is 4. The zero-order valence-electron chi connectivity index (χ0n) is 13.8. The van der Waals surface area contributed by atoms with Gasteiger partial charge in [-0.2, -0.15) is 17.6 Å². The van der Waals surface area contributed by atoms with Crippen molar-refractivity contribution in [2.24, 2.45) is 0 Å². The average molecular weight is 388 g/mol. The Kier molecular flexibility index (Phi) is 6.93. The van der Waals surface area contributed by atoms with Crippen LogP contribution in [0.2, 0.25) is 0 Å². The number of esters is 4. The molecule has 2 aliphatic rings. The highest BCUT2D eigenvalue weighted by molar-refractivity contribution is 5.83. The van der Waals surface area contributed by atoms with Crippen LogP contribution >= 0.6 is 0 Å². The van der Waals surface area contributed by atoms with Gasteiger partial charge in [-0.1, -0.05) is 0 Å². The molecule has 2 saturated heterocycles. The van der Waals surface area contributed by atoms with E-state index in [1.165, 1.54) is 0 Å². The lowest BCUT2D eigenvalue weighted by Crippen LogP contribution is -2.33. The summed E-state index contributed by atoms with van der Waals surface area (Å²) >= 11 is 0. The molecule has 0 amide bonds. The van der Waals surface area contributed by atoms with Gasteiger partial charge >= 0.3 is 35.7 Å². The maximum absolute atomic E-state index is 12.3. The minimum atomic E-state index is -3.57. The van der Waals surface area contributed by atoms with Crippen LogP contribution in [-0.4, -0.2) is 61.1 Å². The van der Waals surface area contributed by atoms with Crippen LogP contribution in [0.15, 0.2) is 0 Å². The summed E-state index contributed by atoms with van der Waals surface area (Å²) in [6.45, 7) is 0.815. The topological polar surface area (TPSA) is 105 Å². The maximum Gasteiger partial charge on any atom is 0.377 e. The first-order valence-corrected chi connectivity index (χ1v) is 7.30. The second kappa shape index (κ2) is 8.32. The normalized spacial score (nSPS) is 22.7. The van der Waals surface area contributed by atoms with Crippen molar-refractivity contribution in [3.05, 3.63) is 0 Å². The van der Waals surface area contributed by atoms with Gasteiger partial charge in [0.25, 0.3) is 0 Å². The standard InChI is InChI=1S/2C7H8F2O4/c1-7(8,9)6(11)13-4-2-5(10)12-3-4;1-7(8,9)6(11)13-4-2-3-12-5(4)10/h2*4H,2-3H2,1H3. The third kappa shape index (κ3) is 6.84.